The minimum absolute atomic E-state index is 0.0481. The normalized spacial score (nSPS) is 28.3. The zero-order valence-electron chi connectivity index (χ0n) is 12.2. The predicted molar refractivity (Wildman–Crippen MR) is 76.1 cm³/mol. The molecule has 1 saturated carbocycles. The summed E-state index contributed by atoms with van der Waals surface area (Å²) in [7, 11) is -3.19. The van der Waals surface area contributed by atoms with Crippen LogP contribution in [0.5, 0.6) is 0 Å². The summed E-state index contributed by atoms with van der Waals surface area (Å²) in [6.45, 7) is 1.53. The van der Waals surface area contributed by atoms with E-state index in [1.165, 1.54) is 10.6 Å². The van der Waals surface area contributed by atoms with Crippen LogP contribution in [-0.4, -0.2) is 67.0 Å². The molecule has 0 aromatic carbocycles. The number of hydrogen-bond acceptors (Lipinski definition) is 4. The van der Waals surface area contributed by atoms with Gasteiger partial charge in [-0.25, -0.2) is 8.42 Å². The molecular formula is C13H22N2O5S. The summed E-state index contributed by atoms with van der Waals surface area (Å²) < 4.78 is 24.2. The zero-order chi connectivity index (χ0) is 15.6. The van der Waals surface area contributed by atoms with E-state index < -0.39 is 16.0 Å². The van der Waals surface area contributed by atoms with Crippen LogP contribution in [0, 0.1) is 11.8 Å². The number of carboxylic acids is 1. The summed E-state index contributed by atoms with van der Waals surface area (Å²) in [6.07, 6.45) is 3.51. The Morgan fingerprint density at radius 3 is 1.86 bits per heavy atom. The Morgan fingerprint density at radius 2 is 1.43 bits per heavy atom. The average Bonchev–Trinajstić information content (AvgIpc) is 2.46. The van der Waals surface area contributed by atoms with Crippen molar-refractivity contribution in [2.75, 3.05) is 32.4 Å². The first-order chi connectivity index (χ1) is 9.79. The van der Waals surface area contributed by atoms with Gasteiger partial charge < -0.3 is 10.0 Å². The highest BCUT2D eigenvalue weighted by Gasteiger charge is 2.34. The van der Waals surface area contributed by atoms with Crippen LogP contribution in [0.15, 0.2) is 0 Å². The number of aliphatic carboxylic acids is 1. The lowest BCUT2D eigenvalue weighted by Gasteiger charge is -2.36. The number of sulfonamides is 1. The van der Waals surface area contributed by atoms with Gasteiger partial charge in [0.25, 0.3) is 0 Å². The van der Waals surface area contributed by atoms with E-state index in [1.807, 2.05) is 0 Å². The highest BCUT2D eigenvalue weighted by atomic mass is 32.2. The first kappa shape index (κ1) is 16.2. The summed E-state index contributed by atoms with van der Waals surface area (Å²) in [5, 5.41) is 8.96. The minimum atomic E-state index is -3.19. The van der Waals surface area contributed by atoms with Gasteiger partial charge in [-0.15, -0.1) is 0 Å². The SMILES string of the molecule is CS(=O)(=O)N1CCN(C(=O)C2CCC(C(=O)O)CC2)CC1. The summed E-state index contributed by atoms with van der Waals surface area (Å²) in [5.41, 5.74) is 0. The third-order valence-electron chi connectivity index (χ3n) is 4.44. The van der Waals surface area contributed by atoms with Crippen molar-refractivity contribution in [1.29, 1.82) is 0 Å². The maximum atomic E-state index is 12.4. The van der Waals surface area contributed by atoms with Gasteiger partial charge in [-0.2, -0.15) is 4.31 Å². The molecule has 120 valence electrons. The van der Waals surface area contributed by atoms with Crippen molar-refractivity contribution < 1.29 is 23.1 Å². The summed E-state index contributed by atoms with van der Waals surface area (Å²) >= 11 is 0. The minimum Gasteiger partial charge on any atom is -0.481 e. The second-order valence-corrected chi connectivity index (χ2v) is 7.86. The Hall–Kier alpha value is -1.15. The van der Waals surface area contributed by atoms with Crippen LogP contribution in [0.1, 0.15) is 25.7 Å². The van der Waals surface area contributed by atoms with Crippen molar-refractivity contribution in [2.45, 2.75) is 25.7 Å². The Labute approximate surface area is 125 Å². The standard InChI is InChI=1S/C13H22N2O5S/c1-21(19,20)15-8-6-14(7-9-15)12(16)10-2-4-11(5-3-10)13(17)18/h10-11H,2-9H2,1H3,(H,17,18). The molecule has 1 N–H and O–H groups in total. The maximum absolute atomic E-state index is 12.4. The first-order valence-corrected chi connectivity index (χ1v) is 9.10. The van der Waals surface area contributed by atoms with Gasteiger partial charge in [-0.05, 0) is 25.7 Å². The molecule has 1 aliphatic carbocycles. The van der Waals surface area contributed by atoms with Crippen molar-refractivity contribution in [3.8, 4) is 0 Å². The molecule has 0 aromatic rings. The van der Waals surface area contributed by atoms with Gasteiger partial charge in [-0.3, -0.25) is 9.59 Å². The highest BCUT2D eigenvalue weighted by Crippen LogP contribution is 2.30. The number of carbonyl (C=O) groups is 2. The van der Waals surface area contributed by atoms with Crippen molar-refractivity contribution in [1.82, 2.24) is 9.21 Å². The van der Waals surface area contributed by atoms with E-state index in [-0.39, 0.29) is 17.7 Å². The maximum Gasteiger partial charge on any atom is 0.306 e. The third kappa shape index (κ3) is 3.94. The molecule has 1 amide bonds. The monoisotopic (exact) mass is 318 g/mol. The molecule has 0 bridgehead atoms. The second-order valence-electron chi connectivity index (χ2n) is 5.87. The Morgan fingerprint density at radius 1 is 0.952 bits per heavy atom. The molecule has 0 atom stereocenters. The Bertz CT molecular complexity index is 503. The van der Waals surface area contributed by atoms with Crippen molar-refractivity contribution in [3.05, 3.63) is 0 Å². The molecule has 7 nitrogen and oxygen atoms in total. The van der Waals surface area contributed by atoms with E-state index in [9.17, 15) is 18.0 Å². The van der Waals surface area contributed by atoms with E-state index in [1.54, 1.807) is 4.90 Å². The molecule has 1 heterocycles. The lowest BCUT2D eigenvalue weighted by Crippen LogP contribution is -2.52. The summed E-state index contributed by atoms with van der Waals surface area (Å²) in [5.74, 6) is -1.16. The molecule has 2 fully saturated rings. The fourth-order valence-electron chi connectivity index (χ4n) is 3.09. The number of nitrogens with zero attached hydrogens (tertiary/aromatic N) is 2. The smallest absolute Gasteiger partial charge is 0.306 e. The topological polar surface area (TPSA) is 95.0 Å². The second kappa shape index (κ2) is 6.31. The molecule has 0 radical (unpaired) electrons. The van der Waals surface area contributed by atoms with Crippen LogP contribution in [0.4, 0.5) is 0 Å². The van der Waals surface area contributed by atoms with Gasteiger partial charge >= 0.3 is 5.97 Å². The summed E-state index contributed by atoms with van der Waals surface area (Å²) in [4.78, 5) is 25.0. The quantitative estimate of drug-likeness (QED) is 0.789. The number of rotatable bonds is 3. The molecule has 2 rings (SSSR count). The molecule has 0 unspecified atom stereocenters. The fourth-order valence-corrected chi connectivity index (χ4v) is 3.91. The molecule has 8 heteroatoms. The number of hydrogen-bond donors (Lipinski definition) is 1. The third-order valence-corrected chi connectivity index (χ3v) is 5.75. The fraction of sp³-hybridized carbons (Fsp3) is 0.846. The number of piperazine rings is 1. The van der Waals surface area contributed by atoms with Crippen LogP contribution in [0.2, 0.25) is 0 Å². The van der Waals surface area contributed by atoms with Gasteiger partial charge in [0.15, 0.2) is 0 Å². The number of carboxylic acid groups (broad SMARTS) is 1. The van der Waals surface area contributed by atoms with Gasteiger partial charge in [0.2, 0.25) is 15.9 Å². The van der Waals surface area contributed by atoms with Gasteiger partial charge in [0, 0.05) is 32.1 Å². The van der Waals surface area contributed by atoms with Crippen LogP contribution in [-0.2, 0) is 19.6 Å². The van der Waals surface area contributed by atoms with Crippen LogP contribution in [0.3, 0.4) is 0 Å². The predicted octanol–water partition coefficient (Wildman–Crippen LogP) is -0.0188. The summed E-state index contributed by atoms with van der Waals surface area (Å²) in [6, 6.07) is 0. The van der Waals surface area contributed by atoms with Crippen molar-refractivity contribution >= 4 is 21.9 Å². The van der Waals surface area contributed by atoms with Crippen molar-refractivity contribution in [3.63, 3.8) is 0 Å². The van der Waals surface area contributed by atoms with E-state index >= 15 is 0 Å². The number of amides is 1. The largest absolute Gasteiger partial charge is 0.481 e. The Kier molecular flexibility index (Phi) is 4.88. The van der Waals surface area contributed by atoms with Crippen LogP contribution in [0.25, 0.3) is 0 Å². The molecule has 0 spiro atoms. The van der Waals surface area contributed by atoms with E-state index in [0.29, 0.717) is 51.9 Å². The van der Waals surface area contributed by atoms with Gasteiger partial charge in [0.1, 0.15) is 0 Å². The van der Waals surface area contributed by atoms with E-state index in [4.69, 9.17) is 5.11 Å². The van der Waals surface area contributed by atoms with E-state index in [0.717, 1.165) is 0 Å². The molecule has 0 aromatic heterocycles. The van der Waals surface area contributed by atoms with Gasteiger partial charge in [-0.1, -0.05) is 0 Å². The van der Waals surface area contributed by atoms with Crippen molar-refractivity contribution in [2.24, 2.45) is 11.8 Å². The number of carbonyl (C=O) groups excluding carboxylic acids is 1. The molecular weight excluding hydrogens is 296 g/mol. The lowest BCUT2D eigenvalue weighted by molar-refractivity contribution is -0.146. The zero-order valence-corrected chi connectivity index (χ0v) is 13.0. The van der Waals surface area contributed by atoms with Crippen LogP contribution < -0.4 is 0 Å². The molecule has 1 aliphatic heterocycles. The highest BCUT2D eigenvalue weighted by molar-refractivity contribution is 7.88. The molecule has 21 heavy (non-hydrogen) atoms. The van der Waals surface area contributed by atoms with E-state index in [2.05, 4.69) is 0 Å². The Balaban J connectivity index is 1.84. The molecule has 1 saturated heterocycles. The molecule has 2 aliphatic rings. The van der Waals surface area contributed by atoms with Crippen LogP contribution >= 0.6 is 0 Å². The van der Waals surface area contributed by atoms with Gasteiger partial charge in [0.05, 0.1) is 12.2 Å². The first-order valence-electron chi connectivity index (χ1n) is 7.25. The average molecular weight is 318 g/mol. The lowest BCUT2D eigenvalue weighted by atomic mass is 9.81.